The lowest BCUT2D eigenvalue weighted by molar-refractivity contribution is 0.0716. The third kappa shape index (κ3) is 4.09. The molecule has 0 aliphatic heterocycles. The minimum atomic E-state index is 0.358. The predicted octanol–water partition coefficient (Wildman–Crippen LogP) is -0.277. The van der Waals surface area contributed by atoms with E-state index in [2.05, 4.69) is 9.97 Å². The zero-order valence-corrected chi connectivity index (χ0v) is 9.48. The van der Waals surface area contributed by atoms with Crippen LogP contribution in [0, 0.1) is 0 Å². The van der Waals surface area contributed by atoms with Crippen LogP contribution >= 0.6 is 0 Å². The first kappa shape index (κ1) is 12.8. The lowest BCUT2D eigenvalue weighted by Crippen LogP contribution is -2.10. The highest BCUT2D eigenvalue weighted by Crippen LogP contribution is 2.06. The molecule has 0 aliphatic rings. The molecule has 0 atom stereocenters. The second-order valence-electron chi connectivity index (χ2n) is 3.26. The van der Waals surface area contributed by atoms with Crippen LogP contribution in [0.25, 0.3) is 0 Å². The van der Waals surface area contributed by atoms with E-state index in [1.54, 1.807) is 13.3 Å². The molecule has 0 fully saturated rings. The molecule has 0 bridgehead atoms. The summed E-state index contributed by atoms with van der Waals surface area (Å²) < 4.78 is 10.2. The van der Waals surface area contributed by atoms with E-state index < -0.39 is 0 Å². The van der Waals surface area contributed by atoms with Gasteiger partial charge in [0.15, 0.2) is 0 Å². The topological polar surface area (TPSA) is 96.3 Å². The van der Waals surface area contributed by atoms with Crippen molar-refractivity contribution in [2.75, 3.05) is 32.7 Å². The Kier molecular flexibility index (Phi) is 5.69. The monoisotopic (exact) mass is 226 g/mol. The average Bonchev–Trinajstić information content (AvgIpc) is 2.29. The molecule has 0 radical (unpaired) electrons. The molecule has 0 aliphatic carbocycles. The van der Waals surface area contributed by atoms with Crippen molar-refractivity contribution in [2.24, 2.45) is 5.73 Å². The fourth-order valence-corrected chi connectivity index (χ4v) is 1.14. The maximum Gasteiger partial charge on any atom is 0.132 e. The summed E-state index contributed by atoms with van der Waals surface area (Å²) in [6.45, 7) is 2.09. The van der Waals surface area contributed by atoms with Crippen molar-refractivity contribution in [3.63, 3.8) is 0 Å². The highest BCUT2D eigenvalue weighted by Gasteiger charge is 2.02. The fraction of sp³-hybridized carbons (Fsp3) is 0.600. The minimum Gasteiger partial charge on any atom is -0.383 e. The number of hydrogen-bond donors (Lipinski definition) is 2. The summed E-state index contributed by atoms with van der Waals surface area (Å²) in [5, 5.41) is 0. The molecule has 90 valence electrons. The van der Waals surface area contributed by atoms with Crippen LogP contribution < -0.4 is 11.5 Å². The van der Waals surface area contributed by atoms with Gasteiger partial charge in [-0.15, -0.1) is 0 Å². The molecule has 0 saturated heterocycles. The first-order valence-electron chi connectivity index (χ1n) is 5.15. The van der Waals surface area contributed by atoms with Gasteiger partial charge >= 0.3 is 0 Å². The zero-order chi connectivity index (χ0) is 11.8. The standard InChI is InChI=1S/C10H18N4O2/c1-15-4-5-16-3-2-9-13-7-8(6-11)10(12)14-9/h7H,2-6,11H2,1H3,(H2,12,13,14). The molecule has 0 unspecified atom stereocenters. The van der Waals surface area contributed by atoms with Crippen molar-refractivity contribution >= 4 is 5.82 Å². The van der Waals surface area contributed by atoms with E-state index in [1.807, 2.05) is 0 Å². The molecule has 1 rings (SSSR count). The van der Waals surface area contributed by atoms with Crippen molar-refractivity contribution < 1.29 is 9.47 Å². The van der Waals surface area contributed by atoms with Gasteiger partial charge < -0.3 is 20.9 Å². The lowest BCUT2D eigenvalue weighted by atomic mass is 10.3. The molecular formula is C10H18N4O2. The van der Waals surface area contributed by atoms with E-state index in [9.17, 15) is 0 Å². The Bertz CT molecular complexity index is 320. The Labute approximate surface area is 95.0 Å². The van der Waals surface area contributed by atoms with Crippen LogP contribution in [0.1, 0.15) is 11.4 Å². The maximum absolute atomic E-state index is 5.69. The Balaban J connectivity index is 2.34. The summed E-state index contributed by atoms with van der Waals surface area (Å²) in [6, 6.07) is 0. The number of methoxy groups -OCH3 is 1. The molecule has 1 aromatic rings. The van der Waals surface area contributed by atoms with Crippen LogP contribution in [-0.4, -0.2) is 36.9 Å². The Morgan fingerprint density at radius 1 is 1.31 bits per heavy atom. The van der Waals surface area contributed by atoms with Crippen molar-refractivity contribution in [1.29, 1.82) is 0 Å². The lowest BCUT2D eigenvalue weighted by Gasteiger charge is -2.05. The fourth-order valence-electron chi connectivity index (χ4n) is 1.14. The van der Waals surface area contributed by atoms with Crippen LogP contribution in [0.5, 0.6) is 0 Å². The van der Waals surface area contributed by atoms with E-state index >= 15 is 0 Å². The molecule has 4 N–H and O–H groups in total. The summed E-state index contributed by atoms with van der Waals surface area (Å²) in [7, 11) is 1.64. The van der Waals surface area contributed by atoms with E-state index in [1.165, 1.54) is 0 Å². The number of ether oxygens (including phenoxy) is 2. The zero-order valence-electron chi connectivity index (χ0n) is 9.48. The normalized spacial score (nSPS) is 10.6. The minimum absolute atomic E-state index is 0.358. The van der Waals surface area contributed by atoms with Gasteiger partial charge in [0, 0.05) is 31.8 Å². The molecule has 6 nitrogen and oxygen atoms in total. The third-order valence-corrected chi connectivity index (χ3v) is 2.07. The predicted molar refractivity (Wildman–Crippen MR) is 60.7 cm³/mol. The molecular weight excluding hydrogens is 208 g/mol. The molecule has 1 aromatic heterocycles. The summed E-state index contributed by atoms with van der Waals surface area (Å²) in [6.07, 6.45) is 2.30. The van der Waals surface area contributed by atoms with Crippen LogP contribution in [0.4, 0.5) is 5.82 Å². The van der Waals surface area contributed by atoms with Gasteiger partial charge in [-0.2, -0.15) is 0 Å². The van der Waals surface area contributed by atoms with Crippen molar-refractivity contribution in [1.82, 2.24) is 9.97 Å². The third-order valence-electron chi connectivity index (χ3n) is 2.07. The second-order valence-corrected chi connectivity index (χ2v) is 3.26. The van der Waals surface area contributed by atoms with E-state index in [0.29, 0.717) is 44.4 Å². The number of nitrogens with two attached hydrogens (primary N) is 2. The summed E-state index contributed by atoms with van der Waals surface area (Å²) in [5.41, 5.74) is 11.9. The Hall–Kier alpha value is -1.24. The van der Waals surface area contributed by atoms with E-state index in [-0.39, 0.29) is 0 Å². The largest absolute Gasteiger partial charge is 0.383 e. The van der Waals surface area contributed by atoms with E-state index in [0.717, 1.165) is 5.56 Å². The van der Waals surface area contributed by atoms with Crippen molar-refractivity contribution in [3.05, 3.63) is 17.6 Å². The van der Waals surface area contributed by atoms with Crippen LogP contribution in [0.3, 0.4) is 0 Å². The van der Waals surface area contributed by atoms with Crippen LogP contribution in [0.2, 0.25) is 0 Å². The van der Waals surface area contributed by atoms with Gasteiger partial charge in [-0.25, -0.2) is 9.97 Å². The number of rotatable bonds is 7. The molecule has 0 aromatic carbocycles. The Morgan fingerprint density at radius 2 is 2.12 bits per heavy atom. The SMILES string of the molecule is COCCOCCc1ncc(CN)c(N)n1. The van der Waals surface area contributed by atoms with Crippen LogP contribution in [-0.2, 0) is 22.4 Å². The molecule has 1 heterocycles. The Morgan fingerprint density at radius 3 is 2.75 bits per heavy atom. The van der Waals surface area contributed by atoms with Crippen molar-refractivity contribution in [3.8, 4) is 0 Å². The maximum atomic E-state index is 5.69. The second kappa shape index (κ2) is 7.10. The van der Waals surface area contributed by atoms with Gasteiger partial charge in [-0.3, -0.25) is 0 Å². The first-order valence-corrected chi connectivity index (χ1v) is 5.15. The highest BCUT2D eigenvalue weighted by molar-refractivity contribution is 5.37. The number of aromatic nitrogens is 2. The molecule has 0 saturated carbocycles. The summed E-state index contributed by atoms with van der Waals surface area (Å²) >= 11 is 0. The van der Waals surface area contributed by atoms with Gasteiger partial charge in [-0.1, -0.05) is 0 Å². The first-order chi connectivity index (χ1) is 7.77. The summed E-state index contributed by atoms with van der Waals surface area (Å²) in [4.78, 5) is 8.28. The quantitative estimate of drug-likeness (QED) is 0.621. The van der Waals surface area contributed by atoms with Crippen molar-refractivity contribution in [2.45, 2.75) is 13.0 Å². The number of nitrogen functional groups attached to an aromatic ring is 1. The number of hydrogen-bond acceptors (Lipinski definition) is 6. The smallest absolute Gasteiger partial charge is 0.132 e. The summed E-state index contributed by atoms with van der Waals surface area (Å²) in [5.74, 6) is 1.12. The number of anilines is 1. The van der Waals surface area contributed by atoms with Gasteiger partial charge in [-0.05, 0) is 0 Å². The molecule has 0 spiro atoms. The van der Waals surface area contributed by atoms with Crippen LogP contribution in [0.15, 0.2) is 6.20 Å². The van der Waals surface area contributed by atoms with E-state index in [4.69, 9.17) is 20.9 Å². The molecule has 6 heteroatoms. The van der Waals surface area contributed by atoms with Gasteiger partial charge in [0.1, 0.15) is 11.6 Å². The van der Waals surface area contributed by atoms with Gasteiger partial charge in [0.25, 0.3) is 0 Å². The number of nitrogens with zero attached hydrogens (tertiary/aromatic N) is 2. The molecule has 0 amide bonds. The molecule has 16 heavy (non-hydrogen) atoms. The average molecular weight is 226 g/mol. The van der Waals surface area contributed by atoms with Gasteiger partial charge in [0.05, 0.1) is 19.8 Å². The van der Waals surface area contributed by atoms with Gasteiger partial charge in [0.2, 0.25) is 0 Å². The highest BCUT2D eigenvalue weighted by atomic mass is 16.5.